The van der Waals surface area contributed by atoms with Gasteiger partial charge >= 0.3 is 6.09 Å². The summed E-state index contributed by atoms with van der Waals surface area (Å²) in [7, 11) is 0. The first-order valence-corrected chi connectivity index (χ1v) is 5.82. The van der Waals surface area contributed by atoms with Crippen LogP contribution in [0, 0.1) is 16.0 Å². The zero-order chi connectivity index (χ0) is 13.2. The van der Waals surface area contributed by atoms with Crippen LogP contribution >= 0.6 is 0 Å². The molecule has 0 aliphatic carbocycles. The van der Waals surface area contributed by atoms with Gasteiger partial charge in [0.25, 0.3) is 0 Å². The van der Waals surface area contributed by atoms with Crippen molar-refractivity contribution in [2.24, 2.45) is 5.92 Å². The molecule has 0 aromatic rings. The molecule has 0 saturated carbocycles. The van der Waals surface area contributed by atoms with E-state index in [2.05, 4.69) is 0 Å². The highest BCUT2D eigenvalue weighted by Gasteiger charge is 2.37. The minimum Gasteiger partial charge on any atom is -0.444 e. The van der Waals surface area contributed by atoms with Crippen LogP contribution in [0.5, 0.6) is 0 Å². The zero-order valence-corrected chi connectivity index (χ0v) is 10.8. The Morgan fingerprint density at radius 3 is 2.53 bits per heavy atom. The largest absolute Gasteiger partial charge is 0.444 e. The molecular weight excluding hydrogens is 224 g/mol. The second kappa shape index (κ2) is 4.89. The van der Waals surface area contributed by atoms with E-state index in [0.29, 0.717) is 13.0 Å². The number of nitrogens with zero attached hydrogens (tertiary/aromatic N) is 2. The third kappa shape index (κ3) is 3.87. The molecule has 1 amide bonds. The number of nitro groups is 1. The van der Waals surface area contributed by atoms with E-state index < -0.39 is 17.7 Å². The summed E-state index contributed by atoms with van der Waals surface area (Å²) >= 11 is 0. The molecule has 0 N–H and O–H groups in total. The number of hydrogen-bond donors (Lipinski definition) is 0. The molecule has 0 bridgehead atoms. The van der Waals surface area contributed by atoms with Crippen LogP contribution in [0.2, 0.25) is 0 Å². The summed E-state index contributed by atoms with van der Waals surface area (Å²) in [6, 6.07) is -0.684. The van der Waals surface area contributed by atoms with E-state index in [0.717, 1.165) is 0 Å². The van der Waals surface area contributed by atoms with E-state index >= 15 is 0 Å². The van der Waals surface area contributed by atoms with Gasteiger partial charge in [0.2, 0.25) is 6.04 Å². The first kappa shape index (κ1) is 13.7. The van der Waals surface area contributed by atoms with Gasteiger partial charge in [-0.25, -0.2) is 4.79 Å². The van der Waals surface area contributed by atoms with Crippen LogP contribution in [0.25, 0.3) is 0 Å². The summed E-state index contributed by atoms with van der Waals surface area (Å²) in [5.41, 5.74) is -0.565. The molecule has 2 atom stereocenters. The summed E-state index contributed by atoms with van der Waals surface area (Å²) in [6.07, 6.45) is 0.182. The molecular formula is C11H20N2O4. The van der Waals surface area contributed by atoms with Crippen molar-refractivity contribution in [1.29, 1.82) is 0 Å². The molecule has 0 spiro atoms. The van der Waals surface area contributed by atoms with Gasteiger partial charge in [0.15, 0.2) is 0 Å². The van der Waals surface area contributed by atoms with Crippen molar-refractivity contribution in [2.45, 2.75) is 45.8 Å². The highest BCUT2D eigenvalue weighted by atomic mass is 16.6. The minimum atomic E-state index is -0.684. The standard InChI is InChI=1S/C11H20N2O4/c1-8-5-6-12(7-9(8)13(15)16)10(14)17-11(2,3)4/h8-9H,5-7H2,1-4H3/t8-,9-/m0/s1. The number of amides is 1. The molecule has 98 valence electrons. The van der Waals surface area contributed by atoms with Gasteiger partial charge in [0, 0.05) is 17.4 Å². The smallest absolute Gasteiger partial charge is 0.410 e. The van der Waals surface area contributed by atoms with Crippen molar-refractivity contribution in [3.63, 3.8) is 0 Å². The maximum Gasteiger partial charge on any atom is 0.410 e. The van der Waals surface area contributed by atoms with Crippen LogP contribution in [0.1, 0.15) is 34.1 Å². The van der Waals surface area contributed by atoms with E-state index in [4.69, 9.17) is 4.74 Å². The van der Waals surface area contributed by atoms with Crippen LogP contribution in [0.4, 0.5) is 4.79 Å². The Bertz CT molecular complexity index is 311. The molecule has 0 aromatic heterocycles. The molecule has 1 aliphatic rings. The van der Waals surface area contributed by atoms with Crippen molar-refractivity contribution in [3.05, 3.63) is 10.1 Å². The lowest BCUT2D eigenvalue weighted by atomic mass is 9.94. The van der Waals surface area contributed by atoms with Crippen molar-refractivity contribution >= 4 is 6.09 Å². The van der Waals surface area contributed by atoms with Gasteiger partial charge in [-0.3, -0.25) is 10.1 Å². The first-order chi connectivity index (χ1) is 7.70. The predicted octanol–water partition coefficient (Wildman–Crippen LogP) is 1.91. The summed E-state index contributed by atoms with van der Waals surface area (Å²) in [5, 5.41) is 10.8. The normalized spacial score (nSPS) is 25.5. The monoisotopic (exact) mass is 244 g/mol. The lowest BCUT2D eigenvalue weighted by Crippen LogP contribution is -2.50. The molecule has 0 unspecified atom stereocenters. The SMILES string of the molecule is C[C@H]1CCN(C(=O)OC(C)(C)C)C[C@@H]1[N+](=O)[O-]. The van der Waals surface area contributed by atoms with Crippen molar-refractivity contribution < 1.29 is 14.5 Å². The van der Waals surface area contributed by atoms with E-state index in [1.165, 1.54) is 4.90 Å². The number of hydrogen-bond acceptors (Lipinski definition) is 4. The Labute approximate surface area is 101 Å². The van der Waals surface area contributed by atoms with Crippen LogP contribution in [-0.4, -0.2) is 40.6 Å². The average molecular weight is 244 g/mol. The van der Waals surface area contributed by atoms with E-state index in [1.807, 2.05) is 6.92 Å². The van der Waals surface area contributed by atoms with Gasteiger partial charge in [0.05, 0.1) is 6.54 Å². The van der Waals surface area contributed by atoms with Gasteiger partial charge in [-0.05, 0) is 27.2 Å². The fraction of sp³-hybridized carbons (Fsp3) is 0.909. The summed E-state index contributed by atoms with van der Waals surface area (Å²) in [6.45, 7) is 7.86. The second-order valence-corrected chi connectivity index (χ2v) is 5.55. The Hall–Kier alpha value is -1.33. The molecule has 17 heavy (non-hydrogen) atoms. The zero-order valence-electron chi connectivity index (χ0n) is 10.8. The summed E-state index contributed by atoms with van der Waals surface area (Å²) < 4.78 is 5.20. The molecule has 1 rings (SSSR count). The van der Waals surface area contributed by atoms with Gasteiger partial charge in [-0.2, -0.15) is 0 Å². The van der Waals surface area contributed by atoms with Crippen molar-refractivity contribution in [2.75, 3.05) is 13.1 Å². The number of carbonyl (C=O) groups excluding carboxylic acids is 1. The third-order valence-electron chi connectivity index (χ3n) is 2.84. The molecule has 1 saturated heterocycles. The molecule has 1 aliphatic heterocycles. The maximum absolute atomic E-state index is 11.8. The quantitative estimate of drug-likeness (QED) is 0.521. The summed E-state index contributed by atoms with van der Waals surface area (Å²) in [4.78, 5) is 23.7. The fourth-order valence-corrected chi connectivity index (χ4v) is 1.82. The Morgan fingerprint density at radius 1 is 1.47 bits per heavy atom. The Kier molecular flexibility index (Phi) is 3.95. The first-order valence-electron chi connectivity index (χ1n) is 5.82. The van der Waals surface area contributed by atoms with Crippen LogP contribution in [0.3, 0.4) is 0 Å². The number of ether oxygens (including phenoxy) is 1. The van der Waals surface area contributed by atoms with Crippen LogP contribution in [0.15, 0.2) is 0 Å². The number of piperidine rings is 1. The third-order valence-corrected chi connectivity index (χ3v) is 2.84. The number of rotatable bonds is 1. The van der Waals surface area contributed by atoms with E-state index in [1.54, 1.807) is 20.8 Å². The molecule has 6 nitrogen and oxygen atoms in total. The van der Waals surface area contributed by atoms with E-state index in [-0.39, 0.29) is 17.4 Å². The Morgan fingerprint density at radius 2 is 2.06 bits per heavy atom. The van der Waals surface area contributed by atoms with Gasteiger partial charge in [-0.1, -0.05) is 6.92 Å². The summed E-state index contributed by atoms with van der Waals surface area (Å²) in [5.74, 6) is 0.00341. The molecule has 0 radical (unpaired) electrons. The van der Waals surface area contributed by atoms with E-state index in [9.17, 15) is 14.9 Å². The number of carbonyl (C=O) groups is 1. The molecule has 1 fully saturated rings. The lowest BCUT2D eigenvalue weighted by molar-refractivity contribution is -0.534. The highest BCUT2D eigenvalue weighted by Crippen LogP contribution is 2.21. The number of likely N-dealkylation sites (tertiary alicyclic amines) is 1. The topological polar surface area (TPSA) is 72.7 Å². The minimum absolute atomic E-state index is 0.00341. The van der Waals surface area contributed by atoms with Gasteiger partial charge in [0.1, 0.15) is 5.60 Å². The highest BCUT2D eigenvalue weighted by molar-refractivity contribution is 5.68. The van der Waals surface area contributed by atoms with Crippen molar-refractivity contribution in [3.8, 4) is 0 Å². The molecule has 6 heteroatoms. The average Bonchev–Trinajstić information content (AvgIpc) is 2.14. The maximum atomic E-state index is 11.8. The lowest BCUT2D eigenvalue weighted by Gasteiger charge is -2.33. The molecule has 1 heterocycles. The molecule has 0 aromatic carbocycles. The van der Waals surface area contributed by atoms with Gasteiger partial charge < -0.3 is 9.64 Å². The second-order valence-electron chi connectivity index (χ2n) is 5.55. The predicted molar refractivity (Wildman–Crippen MR) is 62.4 cm³/mol. The van der Waals surface area contributed by atoms with Crippen molar-refractivity contribution in [1.82, 2.24) is 4.90 Å². The van der Waals surface area contributed by atoms with Crippen LogP contribution in [-0.2, 0) is 4.74 Å². The van der Waals surface area contributed by atoms with Gasteiger partial charge in [-0.15, -0.1) is 0 Å². The Balaban J connectivity index is 2.62. The fourth-order valence-electron chi connectivity index (χ4n) is 1.82. The van der Waals surface area contributed by atoms with Crippen LogP contribution < -0.4 is 0 Å².